The molecule has 108 valence electrons. The van der Waals surface area contributed by atoms with Gasteiger partial charge in [-0.3, -0.25) is 14.6 Å². The van der Waals surface area contributed by atoms with Gasteiger partial charge in [-0.2, -0.15) is 0 Å². The first-order chi connectivity index (χ1) is 10.0. The topological polar surface area (TPSA) is 62.3 Å². The van der Waals surface area contributed by atoms with E-state index in [1.54, 1.807) is 38.4 Å². The van der Waals surface area contributed by atoms with Crippen LogP contribution in [0.2, 0.25) is 5.02 Å². The molecule has 0 atom stereocenters. The van der Waals surface area contributed by atoms with E-state index in [0.29, 0.717) is 16.3 Å². The Kier molecular flexibility index (Phi) is 4.55. The normalized spacial score (nSPS) is 10.0. The minimum absolute atomic E-state index is 0.191. The van der Waals surface area contributed by atoms with Crippen LogP contribution in [0.5, 0.6) is 0 Å². The molecule has 2 amide bonds. The average Bonchev–Trinajstić information content (AvgIpc) is 2.47. The number of hydrogen-bond acceptors (Lipinski definition) is 3. The lowest BCUT2D eigenvalue weighted by Crippen LogP contribution is -2.24. The van der Waals surface area contributed by atoms with Crippen molar-refractivity contribution in [2.75, 3.05) is 19.4 Å². The van der Waals surface area contributed by atoms with Crippen LogP contribution >= 0.6 is 11.6 Å². The molecular weight excluding hydrogens is 290 g/mol. The van der Waals surface area contributed by atoms with Crippen molar-refractivity contribution in [2.24, 2.45) is 0 Å². The second kappa shape index (κ2) is 6.37. The highest BCUT2D eigenvalue weighted by atomic mass is 35.5. The summed E-state index contributed by atoms with van der Waals surface area (Å²) in [7, 11) is 3.30. The Morgan fingerprint density at radius 2 is 1.86 bits per heavy atom. The number of nitrogens with zero attached hydrogens (tertiary/aromatic N) is 2. The summed E-state index contributed by atoms with van der Waals surface area (Å²) in [6.45, 7) is 0. The highest BCUT2D eigenvalue weighted by Gasteiger charge is 2.16. The first-order valence-corrected chi connectivity index (χ1v) is 6.60. The number of carbonyl (C=O) groups excluding carboxylic acids is 2. The second-order valence-electron chi connectivity index (χ2n) is 4.55. The molecule has 0 spiro atoms. The molecule has 0 bridgehead atoms. The summed E-state index contributed by atoms with van der Waals surface area (Å²) in [6, 6.07) is 8.34. The van der Waals surface area contributed by atoms with Crippen LogP contribution in [0.15, 0.2) is 42.7 Å². The maximum absolute atomic E-state index is 12.2. The molecule has 0 aliphatic carbocycles. The van der Waals surface area contributed by atoms with Gasteiger partial charge in [-0.25, -0.2) is 0 Å². The first kappa shape index (κ1) is 15.0. The number of aromatic nitrogens is 1. The van der Waals surface area contributed by atoms with Gasteiger partial charge in [0.1, 0.15) is 0 Å². The Labute approximate surface area is 127 Å². The highest BCUT2D eigenvalue weighted by molar-refractivity contribution is 6.34. The van der Waals surface area contributed by atoms with Crippen molar-refractivity contribution in [3.63, 3.8) is 0 Å². The summed E-state index contributed by atoms with van der Waals surface area (Å²) in [5, 5.41) is 3.00. The summed E-state index contributed by atoms with van der Waals surface area (Å²) in [6.07, 6.45) is 2.89. The zero-order valence-corrected chi connectivity index (χ0v) is 12.4. The van der Waals surface area contributed by atoms with Gasteiger partial charge in [0.25, 0.3) is 11.8 Å². The van der Waals surface area contributed by atoms with Crippen molar-refractivity contribution in [3.05, 3.63) is 58.9 Å². The average molecular weight is 304 g/mol. The van der Waals surface area contributed by atoms with Crippen molar-refractivity contribution in [1.82, 2.24) is 9.88 Å². The van der Waals surface area contributed by atoms with E-state index < -0.39 is 5.91 Å². The number of carbonyl (C=O) groups is 2. The maximum Gasteiger partial charge on any atom is 0.258 e. The molecule has 1 heterocycles. The lowest BCUT2D eigenvalue weighted by atomic mass is 10.1. The minimum Gasteiger partial charge on any atom is -0.345 e. The summed E-state index contributed by atoms with van der Waals surface area (Å²) >= 11 is 5.96. The lowest BCUT2D eigenvalue weighted by Gasteiger charge is -2.14. The highest BCUT2D eigenvalue weighted by Crippen LogP contribution is 2.20. The number of para-hydroxylation sites is 1. The maximum atomic E-state index is 12.2. The number of nitrogens with one attached hydrogen (secondary N) is 1. The van der Waals surface area contributed by atoms with Gasteiger partial charge in [-0.05, 0) is 18.2 Å². The van der Waals surface area contributed by atoms with Crippen molar-refractivity contribution in [3.8, 4) is 0 Å². The van der Waals surface area contributed by atoms with Crippen LogP contribution in [-0.4, -0.2) is 35.8 Å². The molecular formula is C15H14ClN3O2. The molecule has 0 aliphatic heterocycles. The standard InChI is InChI=1S/C15H14ClN3O2/c1-19(2)15(21)10-5-3-4-6-13(10)18-14(20)11-9-17-8-7-12(11)16/h3-9H,1-2H3,(H,18,20). The van der Waals surface area contributed by atoms with E-state index in [-0.39, 0.29) is 11.5 Å². The van der Waals surface area contributed by atoms with Crippen LogP contribution < -0.4 is 5.32 Å². The van der Waals surface area contributed by atoms with E-state index in [4.69, 9.17) is 11.6 Å². The molecule has 0 saturated carbocycles. The molecule has 2 aromatic rings. The van der Waals surface area contributed by atoms with Gasteiger partial charge in [0.2, 0.25) is 0 Å². The van der Waals surface area contributed by atoms with Crippen LogP contribution in [0.25, 0.3) is 0 Å². The fourth-order valence-electron chi connectivity index (χ4n) is 1.75. The number of rotatable bonds is 3. The van der Waals surface area contributed by atoms with Crippen molar-refractivity contribution >= 4 is 29.1 Å². The van der Waals surface area contributed by atoms with E-state index in [0.717, 1.165) is 0 Å². The Hall–Kier alpha value is -2.40. The third-order valence-corrected chi connectivity index (χ3v) is 3.15. The quantitative estimate of drug-likeness (QED) is 0.948. The molecule has 5 nitrogen and oxygen atoms in total. The predicted octanol–water partition coefficient (Wildman–Crippen LogP) is 2.69. The Balaban J connectivity index is 2.30. The molecule has 1 N–H and O–H groups in total. The molecule has 0 saturated heterocycles. The molecule has 0 aliphatic rings. The zero-order chi connectivity index (χ0) is 15.4. The monoisotopic (exact) mass is 303 g/mol. The third-order valence-electron chi connectivity index (χ3n) is 2.82. The van der Waals surface area contributed by atoms with E-state index in [1.165, 1.54) is 23.4 Å². The van der Waals surface area contributed by atoms with E-state index >= 15 is 0 Å². The molecule has 2 rings (SSSR count). The summed E-state index contributed by atoms with van der Waals surface area (Å²) in [5.41, 5.74) is 1.10. The van der Waals surface area contributed by atoms with Crippen LogP contribution in [0.3, 0.4) is 0 Å². The lowest BCUT2D eigenvalue weighted by molar-refractivity contribution is 0.0828. The Morgan fingerprint density at radius 1 is 1.14 bits per heavy atom. The fraction of sp³-hybridized carbons (Fsp3) is 0.133. The van der Waals surface area contributed by atoms with Crippen molar-refractivity contribution in [2.45, 2.75) is 0 Å². The van der Waals surface area contributed by atoms with Gasteiger partial charge in [-0.1, -0.05) is 23.7 Å². The van der Waals surface area contributed by atoms with Gasteiger partial charge < -0.3 is 10.2 Å². The molecule has 0 unspecified atom stereocenters. The summed E-state index contributed by atoms with van der Waals surface area (Å²) < 4.78 is 0. The van der Waals surface area contributed by atoms with E-state index in [1.807, 2.05) is 0 Å². The number of benzene rings is 1. The smallest absolute Gasteiger partial charge is 0.258 e. The number of anilines is 1. The number of halogens is 1. The van der Waals surface area contributed by atoms with Crippen LogP contribution in [-0.2, 0) is 0 Å². The van der Waals surface area contributed by atoms with Gasteiger partial charge in [0, 0.05) is 26.5 Å². The molecule has 6 heteroatoms. The molecule has 21 heavy (non-hydrogen) atoms. The van der Waals surface area contributed by atoms with E-state index in [9.17, 15) is 9.59 Å². The van der Waals surface area contributed by atoms with Crippen LogP contribution in [0, 0.1) is 0 Å². The SMILES string of the molecule is CN(C)C(=O)c1ccccc1NC(=O)c1cnccc1Cl. The third kappa shape index (κ3) is 3.38. The first-order valence-electron chi connectivity index (χ1n) is 6.22. The molecule has 1 aromatic heterocycles. The molecule has 1 aromatic carbocycles. The van der Waals surface area contributed by atoms with Crippen molar-refractivity contribution in [1.29, 1.82) is 0 Å². The Bertz CT molecular complexity index is 686. The van der Waals surface area contributed by atoms with Crippen LogP contribution in [0.4, 0.5) is 5.69 Å². The van der Waals surface area contributed by atoms with Crippen molar-refractivity contribution < 1.29 is 9.59 Å². The molecule has 0 fully saturated rings. The summed E-state index contributed by atoms with van der Waals surface area (Å²) in [5.74, 6) is -0.602. The predicted molar refractivity (Wildman–Crippen MR) is 81.7 cm³/mol. The molecule has 0 radical (unpaired) electrons. The minimum atomic E-state index is -0.410. The van der Waals surface area contributed by atoms with Gasteiger partial charge >= 0.3 is 0 Å². The number of hydrogen-bond donors (Lipinski definition) is 1. The Morgan fingerprint density at radius 3 is 2.52 bits per heavy atom. The second-order valence-corrected chi connectivity index (χ2v) is 4.96. The van der Waals surface area contributed by atoms with Gasteiger partial charge in [0.05, 0.1) is 21.8 Å². The zero-order valence-electron chi connectivity index (χ0n) is 11.6. The largest absolute Gasteiger partial charge is 0.345 e. The van der Waals surface area contributed by atoms with Gasteiger partial charge in [0.15, 0.2) is 0 Å². The summed E-state index contributed by atoms with van der Waals surface area (Å²) in [4.78, 5) is 29.6. The number of pyridine rings is 1. The van der Waals surface area contributed by atoms with E-state index in [2.05, 4.69) is 10.3 Å². The number of amides is 2. The van der Waals surface area contributed by atoms with Crippen LogP contribution in [0.1, 0.15) is 20.7 Å². The van der Waals surface area contributed by atoms with Gasteiger partial charge in [-0.15, -0.1) is 0 Å². The fourth-order valence-corrected chi connectivity index (χ4v) is 1.94.